The molecule has 5 heteroatoms. The van der Waals surface area contributed by atoms with Crippen LogP contribution in [0.4, 0.5) is 0 Å². The number of hydrogen-bond donors (Lipinski definition) is 0. The van der Waals surface area contributed by atoms with Gasteiger partial charge in [-0.1, -0.05) is 12.8 Å². The van der Waals surface area contributed by atoms with Gasteiger partial charge in [-0.15, -0.1) is 11.6 Å². The molecule has 0 atom stereocenters. The van der Waals surface area contributed by atoms with Crippen LogP contribution in [0.15, 0.2) is 0 Å². The maximum atomic E-state index is 12.0. The number of rotatable bonds is 4. The lowest BCUT2D eigenvalue weighted by molar-refractivity contribution is 0.160. The molecular formula is C12H22ClNO2S. The Labute approximate surface area is 110 Å². The van der Waals surface area contributed by atoms with E-state index in [2.05, 4.69) is 0 Å². The molecule has 2 rings (SSSR count). The van der Waals surface area contributed by atoms with Crippen molar-refractivity contribution in [2.75, 3.05) is 24.7 Å². The van der Waals surface area contributed by atoms with E-state index in [0.29, 0.717) is 17.7 Å². The first-order valence-electron chi connectivity index (χ1n) is 6.62. The van der Waals surface area contributed by atoms with Crippen molar-refractivity contribution in [3.63, 3.8) is 0 Å². The molecule has 1 aliphatic heterocycles. The van der Waals surface area contributed by atoms with E-state index < -0.39 is 10.0 Å². The summed E-state index contributed by atoms with van der Waals surface area (Å²) in [6.07, 6.45) is 7.97. The SMILES string of the molecule is O=S(=O)(CCCCl)N1CCC2(CCCC2)CC1. The number of hydrogen-bond acceptors (Lipinski definition) is 2. The number of sulfonamides is 1. The third-order valence-electron chi connectivity index (χ3n) is 4.38. The largest absolute Gasteiger partial charge is 0.214 e. The summed E-state index contributed by atoms with van der Waals surface area (Å²) >= 11 is 5.56. The molecule has 0 bridgehead atoms. The molecule has 1 saturated carbocycles. The maximum Gasteiger partial charge on any atom is 0.214 e. The summed E-state index contributed by atoms with van der Waals surface area (Å²) in [7, 11) is -3.04. The number of halogens is 1. The summed E-state index contributed by atoms with van der Waals surface area (Å²) in [5, 5.41) is 0. The lowest BCUT2D eigenvalue weighted by Crippen LogP contribution is -2.43. The van der Waals surface area contributed by atoms with Gasteiger partial charge in [0.1, 0.15) is 0 Å². The van der Waals surface area contributed by atoms with Crippen LogP contribution in [0.3, 0.4) is 0 Å². The average molecular weight is 280 g/mol. The minimum absolute atomic E-state index is 0.212. The van der Waals surface area contributed by atoms with Gasteiger partial charge in [-0.05, 0) is 37.5 Å². The highest BCUT2D eigenvalue weighted by molar-refractivity contribution is 7.89. The van der Waals surface area contributed by atoms with E-state index >= 15 is 0 Å². The molecule has 2 aliphatic rings. The summed E-state index contributed by atoms with van der Waals surface area (Å²) in [5.74, 6) is 0.639. The highest BCUT2D eigenvalue weighted by atomic mass is 35.5. The van der Waals surface area contributed by atoms with Crippen molar-refractivity contribution < 1.29 is 8.42 Å². The molecule has 3 nitrogen and oxygen atoms in total. The fraction of sp³-hybridized carbons (Fsp3) is 1.00. The Morgan fingerprint density at radius 2 is 1.65 bits per heavy atom. The van der Waals surface area contributed by atoms with Crippen LogP contribution in [0.25, 0.3) is 0 Å². The van der Waals surface area contributed by atoms with Crippen molar-refractivity contribution in [1.29, 1.82) is 0 Å². The van der Waals surface area contributed by atoms with Gasteiger partial charge < -0.3 is 0 Å². The number of nitrogens with zero attached hydrogens (tertiary/aromatic N) is 1. The van der Waals surface area contributed by atoms with E-state index in [0.717, 1.165) is 25.9 Å². The van der Waals surface area contributed by atoms with Gasteiger partial charge in [0.05, 0.1) is 5.75 Å². The van der Waals surface area contributed by atoms with Gasteiger partial charge in [-0.3, -0.25) is 0 Å². The Hall–Kier alpha value is 0.200. The van der Waals surface area contributed by atoms with Crippen molar-refractivity contribution in [1.82, 2.24) is 4.31 Å². The first kappa shape index (κ1) is 13.6. The summed E-state index contributed by atoms with van der Waals surface area (Å²) in [4.78, 5) is 0. The van der Waals surface area contributed by atoms with Crippen LogP contribution in [-0.2, 0) is 10.0 Å². The standard InChI is InChI=1S/C12H22ClNO2S/c13-8-3-11-17(15,16)14-9-6-12(7-10-14)4-1-2-5-12/h1-11H2. The maximum absolute atomic E-state index is 12.0. The van der Waals surface area contributed by atoms with E-state index in [9.17, 15) is 8.42 Å². The fourth-order valence-electron chi connectivity index (χ4n) is 3.23. The summed E-state index contributed by atoms with van der Waals surface area (Å²) in [6.45, 7) is 1.45. The van der Waals surface area contributed by atoms with Crippen molar-refractivity contribution in [2.24, 2.45) is 5.41 Å². The van der Waals surface area contributed by atoms with E-state index in [1.165, 1.54) is 25.7 Å². The zero-order valence-corrected chi connectivity index (χ0v) is 11.9. The Balaban J connectivity index is 1.90. The quantitative estimate of drug-likeness (QED) is 0.742. The van der Waals surface area contributed by atoms with Crippen LogP contribution in [-0.4, -0.2) is 37.4 Å². The first-order valence-corrected chi connectivity index (χ1v) is 8.76. The van der Waals surface area contributed by atoms with E-state index in [-0.39, 0.29) is 5.75 Å². The molecule has 100 valence electrons. The molecule has 17 heavy (non-hydrogen) atoms. The van der Waals surface area contributed by atoms with Crippen LogP contribution >= 0.6 is 11.6 Å². The van der Waals surface area contributed by atoms with Crippen LogP contribution in [0.5, 0.6) is 0 Å². The Bertz CT molecular complexity index is 340. The third-order valence-corrected chi connectivity index (χ3v) is 6.60. The monoisotopic (exact) mass is 279 g/mol. The van der Waals surface area contributed by atoms with Gasteiger partial charge in [0, 0.05) is 19.0 Å². The van der Waals surface area contributed by atoms with Gasteiger partial charge in [0.2, 0.25) is 10.0 Å². The molecule has 0 aromatic rings. The molecule has 1 heterocycles. The summed E-state index contributed by atoms with van der Waals surface area (Å²) in [5.41, 5.74) is 0.485. The van der Waals surface area contributed by atoms with Gasteiger partial charge in [0.15, 0.2) is 0 Å². The zero-order valence-electron chi connectivity index (χ0n) is 10.3. The second kappa shape index (κ2) is 5.45. The van der Waals surface area contributed by atoms with Gasteiger partial charge in [-0.2, -0.15) is 0 Å². The van der Waals surface area contributed by atoms with E-state index in [1.807, 2.05) is 0 Å². The van der Waals surface area contributed by atoms with Crippen molar-refractivity contribution >= 4 is 21.6 Å². The Morgan fingerprint density at radius 1 is 1.06 bits per heavy atom. The Morgan fingerprint density at radius 3 is 2.18 bits per heavy atom. The second-order valence-electron chi connectivity index (χ2n) is 5.46. The molecule has 0 aromatic heterocycles. The second-order valence-corrected chi connectivity index (χ2v) is 7.93. The molecule has 0 radical (unpaired) electrons. The molecule has 0 unspecified atom stereocenters. The average Bonchev–Trinajstić information content (AvgIpc) is 2.76. The normalized spacial score (nSPS) is 25.5. The molecular weight excluding hydrogens is 258 g/mol. The van der Waals surface area contributed by atoms with Gasteiger partial charge >= 0.3 is 0 Å². The molecule has 1 spiro atoms. The molecule has 1 aliphatic carbocycles. The molecule has 2 fully saturated rings. The van der Waals surface area contributed by atoms with Crippen LogP contribution < -0.4 is 0 Å². The first-order chi connectivity index (χ1) is 8.08. The third kappa shape index (κ3) is 3.15. The van der Waals surface area contributed by atoms with Crippen LogP contribution in [0.2, 0.25) is 0 Å². The highest BCUT2D eigenvalue weighted by Crippen LogP contribution is 2.46. The summed E-state index contributed by atoms with van der Waals surface area (Å²) in [6, 6.07) is 0. The molecule has 0 N–H and O–H groups in total. The fourth-order valence-corrected chi connectivity index (χ4v) is 5.03. The Kier molecular flexibility index (Phi) is 4.37. The lowest BCUT2D eigenvalue weighted by atomic mass is 9.78. The highest BCUT2D eigenvalue weighted by Gasteiger charge is 2.39. The van der Waals surface area contributed by atoms with Crippen LogP contribution in [0, 0.1) is 5.41 Å². The van der Waals surface area contributed by atoms with Gasteiger partial charge in [0.25, 0.3) is 0 Å². The van der Waals surface area contributed by atoms with Crippen molar-refractivity contribution in [3.8, 4) is 0 Å². The smallest absolute Gasteiger partial charge is 0.212 e. The summed E-state index contributed by atoms with van der Waals surface area (Å²) < 4.78 is 25.7. The topological polar surface area (TPSA) is 37.4 Å². The predicted octanol–water partition coefficient (Wildman–Crippen LogP) is 2.60. The lowest BCUT2D eigenvalue weighted by Gasteiger charge is -2.38. The van der Waals surface area contributed by atoms with Crippen molar-refractivity contribution in [3.05, 3.63) is 0 Å². The number of alkyl halides is 1. The minimum Gasteiger partial charge on any atom is -0.212 e. The number of piperidine rings is 1. The van der Waals surface area contributed by atoms with Gasteiger partial charge in [-0.25, -0.2) is 12.7 Å². The predicted molar refractivity (Wildman–Crippen MR) is 70.8 cm³/mol. The van der Waals surface area contributed by atoms with Crippen LogP contribution in [0.1, 0.15) is 44.9 Å². The molecule has 1 saturated heterocycles. The van der Waals surface area contributed by atoms with Crippen molar-refractivity contribution in [2.45, 2.75) is 44.9 Å². The minimum atomic E-state index is -3.04. The van der Waals surface area contributed by atoms with E-state index in [1.54, 1.807) is 4.31 Å². The zero-order chi connectivity index (χ0) is 12.4. The van der Waals surface area contributed by atoms with E-state index in [4.69, 9.17) is 11.6 Å². The molecule has 0 aromatic carbocycles. The molecule has 0 amide bonds.